The molecule has 2 aromatic rings. The molecule has 0 saturated heterocycles. The highest BCUT2D eigenvalue weighted by molar-refractivity contribution is 7.09. The first-order chi connectivity index (χ1) is 10.2. The van der Waals surface area contributed by atoms with Gasteiger partial charge in [0, 0.05) is 22.4 Å². The molecule has 0 N–H and O–H groups in total. The summed E-state index contributed by atoms with van der Waals surface area (Å²) in [5.74, 6) is 0.0688. The highest BCUT2D eigenvalue weighted by Gasteiger charge is 2.29. The van der Waals surface area contributed by atoms with Crippen LogP contribution in [0.2, 0.25) is 0 Å². The van der Waals surface area contributed by atoms with E-state index in [0.717, 1.165) is 5.06 Å². The van der Waals surface area contributed by atoms with Gasteiger partial charge in [-0.05, 0) is 22.3 Å². The van der Waals surface area contributed by atoms with Crippen molar-refractivity contribution in [2.75, 3.05) is 13.7 Å². The Hall–Kier alpha value is -1.90. The predicted octanol–water partition coefficient (Wildman–Crippen LogP) is 3.59. The summed E-state index contributed by atoms with van der Waals surface area (Å²) in [7, 11) is 3.52. The fourth-order valence-electron chi connectivity index (χ4n) is 2.73. The molecule has 0 aromatic heterocycles. The summed E-state index contributed by atoms with van der Waals surface area (Å²) in [6.07, 6.45) is -0.508. The van der Waals surface area contributed by atoms with Gasteiger partial charge in [-0.25, -0.2) is 4.79 Å². The molecule has 0 bridgehead atoms. The van der Waals surface area contributed by atoms with E-state index >= 15 is 0 Å². The largest absolute Gasteiger partial charge is 0.447 e. The summed E-state index contributed by atoms with van der Waals surface area (Å²) in [5, 5.41) is 1.04. The lowest BCUT2D eigenvalue weighted by Gasteiger charge is -2.17. The number of carbonyl (C=O) groups is 1. The molecule has 5 heteroatoms. The number of ether oxygens (including phenoxy) is 1. The first-order valence-electron chi connectivity index (χ1n) is 6.68. The van der Waals surface area contributed by atoms with Gasteiger partial charge in [0.05, 0.1) is 0 Å². The first kappa shape index (κ1) is 14.1. The Morgan fingerprint density at radius 1 is 1.10 bits per heavy atom. The van der Waals surface area contributed by atoms with Crippen molar-refractivity contribution in [3.05, 3.63) is 59.7 Å². The highest BCUT2D eigenvalue weighted by atomic mass is 31.0. The number of benzene rings is 2. The van der Waals surface area contributed by atoms with E-state index in [1.807, 2.05) is 33.7 Å². The molecule has 1 atom stereocenters. The molecule has 0 radical (unpaired) electrons. The van der Waals surface area contributed by atoms with Crippen LogP contribution in [-0.2, 0) is 9.36 Å². The number of fused-ring (bicyclic) bond motifs is 3. The maximum atomic E-state index is 11.7. The standard InChI is InChI=1S/C16H16NO3P/c1-17(20-21)16(18)19-10-15-13-8-4-2-6-11(13)12-7-3-5-9-14(12)15/h2-9,15H,10,21H2,1H3. The van der Waals surface area contributed by atoms with Crippen molar-refractivity contribution >= 4 is 15.6 Å². The zero-order valence-electron chi connectivity index (χ0n) is 11.7. The monoisotopic (exact) mass is 301 g/mol. The van der Waals surface area contributed by atoms with Crippen molar-refractivity contribution < 1.29 is 14.2 Å². The third kappa shape index (κ3) is 2.53. The van der Waals surface area contributed by atoms with Gasteiger partial charge in [-0.3, -0.25) is 4.62 Å². The normalized spacial score (nSPS) is 12.7. The van der Waals surface area contributed by atoms with Crippen LogP contribution in [0.15, 0.2) is 48.5 Å². The van der Waals surface area contributed by atoms with Crippen LogP contribution < -0.4 is 0 Å². The maximum Gasteiger partial charge on any atom is 0.433 e. The molecule has 1 amide bonds. The smallest absolute Gasteiger partial charge is 0.433 e. The van der Waals surface area contributed by atoms with Crippen LogP contribution in [-0.4, -0.2) is 24.8 Å². The fraction of sp³-hybridized carbons (Fsp3) is 0.188. The summed E-state index contributed by atoms with van der Waals surface area (Å²) in [6.45, 7) is 0.297. The van der Waals surface area contributed by atoms with Gasteiger partial charge in [-0.1, -0.05) is 48.5 Å². The van der Waals surface area contributed by atoms with Gasteiger partial charge in [0.1, 0.15) is 6.61 Å². The second kappa shape index (κ2) is 5.84. The van der Waals surface area contributed by atoms with Crippen LogP contribution in [0.5, 0.6) is 0 Å². The Balaban J connectivity index is 1.87. The second-order valence-corrected chi connectivity index (χ2v) is 5.12. The van der Waals surface area contributed by atoms with Crippen LogP contribution in [0.3, 0.4) is 0 Å². The van der Waals surface area contributed by atoms with E-state index in [1.54, 1.807) is 0 Å². The lowest BCUT2D eigenvalue weighted by atomic mass is 9.98. The molecule has 0 saturated carbocycles. The van der Waals surface area contributed by atoms with Crippen molar-refractivity contribution in [2.24, 2.45) is 0 Å². The molecule has 108 valence electrons. The van der Waals surface area contributed by atoms with E-state index in [1.165, 1.54) is 29.3 Å². The molecular formula is C16H16NO3P. The quantitative estimate of drug-likeness (QED) is 0.642. The van der Waals surface area contributed by atoms with E-state index in [-0.39, 0.29) is 5.92 Å². The lowest BCUT2D eigenvalue weighted by molar-refractivity contribution is -0.0130. The van der Waals surface area contributed by atoms with E-state index in [4.69, 9.17) is 9.36 Å². The fourth-order valence-corrected chi connectivity index (χ4v) is 2.81. The number of carbonyl (C=O) groups excluding carboxylic acids is 1. The zero-order chi connectivity index (χ0) is 14.8. The summed E-state index contributed by atoms with van der Waals surface area (Å²) in [4.78, 5) is 11.7. The van der Waals surface area contributed by atoms with Crippen molar-refractivity contribution in [1.82, 2.24) is 5.06 Å². The molecule has 3 rings (SSSR count). The molecule has 0 heterocycles. The average Bonchev–Trinajstić information content (AvgIpc) is 2.86. The van der Waals surface area contributed by atoms with E-state index in [2.05, 4.69) is 24.3 Å². The van der Waals surface area contributed by atoms with Crippen LogP contribution >= 0.6 is 9.47 Å². The second-order valence-electron chi connectivity index (χ2n) is 4.91. The number of rotatable bonds is 3. The van der Waals surface area contributed by atoms with E-state index in [0.29, 0.717) is 6.61 Å². The van der Waals surface area contributed by atoms with E-state index in [9.17, 15) is 4.79 Å². The van der Waals surface area contributed by atoms with Gasteiger partial charge >= 0.3 is 6.09 Å². The van der Waals surface area contributed by atoms with Gasteiger partial charge < -0.3 is 4.74 Å². The summed E-state index contributed by atoms with van der Waals surface area (Å²) in [5.41, 5.74) is 4.82. The number of amides is 1. The van der Waals surface area contributed by atoms with Crippen LogP contribution in [0.4, 0.5) is 4.79 Å². The van der Waals surface area contributed by atoms with Crippen LogP contribution in [0.25, 0.3) is 11.1 Å². The lowest BCUT2D eigenvalue weighted by Crippen LogP contribution is -2.26. The molecule has 0 fully saturated rings. The minimum absolute atomic E-state index is 0.0688. The van der Waals surface area contributed by atoms with Crippen molar-refractivity contribution in [3.63, 3.8) is 0 Å². The number of hydroxylamine groups is 2. The van der Waals surface area contributed by atoms with Gasteiger partial charge in [0.25, 0.3) is 0 Å². The van der Waals surface area contributed by atoms with Crippen LogP contribution in [0.1, 0.15) is 17.0 Å². The molecular weight excluding hydrogens is 285 g/mol. The molecule has 0 spiro atoms. The van der Waals surface area contributed by atoms with Crippen molar-refractivity contribution in [2.45, 2.75) is 5.92 Å². The Bertz CT molecular complexity index is 629. The van der Waals surface area contributed by atoms with E-state index < -0.39 is 6.09 Å². The predicted molar refractivity (Wildman–Crippen MR) is 83.6 cm³/mol. The maximum absolute atomic E-state index is 11.7. The minimum atomic E-state index is -0.508. The summed E-state index contributed by atoms with van der Waals surface area (Å²) < 4.78 is 10.1. The Morgan fingerprint density at radius 2 is 1.62 bits per heavy atom. The van der Waals surface area contributed by atoms with Gasteiger partial charge in [0.15, 0.2) is 0 Å². The Labute approximate surface area is 125 Å². The van der Waals surface area contributed by atoms with Gasteiger partial charge in [-0.2, -0.15) is 5.06 Å². The summed E-state index contributed by atoms with van der Waals surface area (Å²) >= 11 is 0. The average molecular weight is 301 g/mol. The molecule has 1 unspecified atom stereocenters. The number of hydrogen-bond donors (Lipinski definition) is 0. The Kier molecular flexibility index (Phi) is 3.91. The number of hydrogen-bond acceptors (Lipinski definition) is 3. The first-order valence-corrected chi connectivity index (χ1v) is 7.15. The van der Waals surface area contributed by atoms with Crippen LogP contribution in [0, 0.1) is 0 Å². The minimum Gasteiger partial charge on any atom is -0.447 e. The molecule has 4 nitrogen and oxygen atoms in total. The third-order valence-electron chi connectivity index (χ3n) is 3.75. The molecule has 2 aromatic carbocycles. The van der Waals surface area contributed by atoms with Gasteiger partial charge in [0.2, 0.25) is 0 Å². The molecule has 1 aliphatic rings. The SMILES string of the molecule is CN(OP)C(=O)OCC1c2ccccc2-c2ccccc21. The zero-order valence-corrected chi connectivity index (χ0v) is 12.8. The molecule has 1 aliphatic carbocycles. The topological polar surface area (TPSA) is 38.8 Å². The van der Waals surface area contributed by atoms with Gasteiger partial charge in [-0.15, -0.1) is 0 Å². The molecule has 0 aliphatic heterocycles. The Morgan fingerprint density at radius 3 is 2.14 bits per heavy atom. The number of nitrogens with zero attached hydrogens (tertiary/aromatic N) is 1. The van der Waals surface area contributed by atoms with Crippen molar-refractivity contribution in [3.8, 4) is 11.1 Å². The highest BCUT2D eigenvalue weighted by Crippen LogP contribution is 2.44. The molecule has 21 heavy (non-hydrogen) atoms. The third-order valence-corrected chi connectivity index (χ3v) is 4.07. The van der Waals surface area contributed by atoms with Crippen molar-refractivity contribution in [1.29, 1.82) is 0 Å². The summed E-state index contributed by atoms with van der Waals surface area (Å²) in [6, 6.07) is 16.5.